The Morgan fingerprint density at radius 3 is 2.07 bits per heavy atom. The predicted octanol–water partition coefficient (Wildman–Crippen LogP) is 1.81. The van der Waals surface area contributed by atoms with Crippen LogP contribution in [0.15, 0.2) is 60.7 Å². The lowest BCUT2D eigenvalue weighted by Crippen LogP contribution is -2.46. The van der Waals surface area contributed by atoms with E-state index in [1.807, 2.05) is 30.3 Å². The minimum Gasteiger partial charge on any atom is -0.454 e. The Bertz CT molecular complexity index is 869. The van der Waals surface area contributed by atoms with E-state index >= 15 is 0 Å². The van der Waals surface area contributed by atoms with Crippen molar-refractivity contribution in [3.05, 3.63) is 71.8 Å². The summed E-state index contributed by atoms with van der Waals surface area (Å²) in [6, 6.07) is 15.7. The number of carbonyl (C=O) groups is 4. The van der Waals surface area contributed by atoms with Crippen LogP contribution in [0.25, 0.3) is 0 Å². The maximum Gasteiger partial charge on any atom is 0.329 e. The quantitative estimate of drug-likeness (QED) is 0.573. The van der Waals surface area contributed by atoms with E-state index in [0.29, 0.717) is 5.56 Å². The lowest BCUT2D eigenvalue weighted by molar-refractivity contribution is -0.150. The van der Waals surface area contributed by atoms with Crippen LogP contribution in [0.1, 0.15) is 29.8 Å². The van der Waals surface area contributed by atoms with Crippen LogP contribution < -0.4 is 16.0 Å². The third-order valence-corrected chi connectivity index (χ3v) is 3.93. The topological polar surface area (TPSA) is 114 Å². The van der Waals surface area contributed by atoms with Gasteiger partial charge in [-0.15, -0.1) is 0 Å². The van der Waals surface area contributed by atoms with E-state index < -0.39 is 36.5 Å². The molecule has 1 atom stereocenters. The van der Waals surface area contributed by atoms with Crippen LogP contribution in [0.5, 0.6) is 0 Å². The molecule has 0 heterocycles. The smallest absolute Gasteiger partial charge is 0.329 e. The van der Waals surface area contributed by atoms with Gasteiger partial charge in [0.05, 0.1) is 0 Å². The van der Waals surface area contributed by atoms with Crippen molar-refractivity contribution in [2.24, 2.45) is 0 Å². The number of benzene rings is 2. The molecule has 158 valence electrons. The number of imide groups is 1. The van der Waals surface area contributed by atoms with Gasteiger partial charge in [0, 0.05) is 18.0 Å². The number of amides is 4. The Morgan fingerprint density at radius 2 is 1.47 bits per heavy atom. The third kappa shape index (κ3) is 7.75. The molecule has 0 spiro atoms. The van der Waals surface area contributed by atoms with Gasteiger partial charge in [0.25, 0.3) is 11.8 Å². The molecular formula is C22H25N3O5. The summed E-state index contributed by atoms with van der Waals surface area (Å²) in [4.78, 5) is 48.4. The normalized spacial score (nSPS) is 11.3. The molecule has 0 saturated carbocycles. The summed E-state index contributed by atoms with van der Waals surface area (Å²) >= 11 is 0. The number of rotatable bonds is 8. The van der Waals surface area contributed by atoms with Gasteiger partial charge in [-0.3, -0.25) is 14.9 Å². The summed E-state index contributed by atoms with van der Waals surface area (Å²) in [7, 11) is 0. The zero-order valence-electron chi connectivity index (χ0n) is 16.9. The highest BCUT2D eigenvalue weighted by atomic mass is 16.5. The van der Waals surface area contributed by atoms with Crippen LogP contribution in [0.4, 0.5) is 4.79 Å². The minimum atomic E-state index is -1.00. The summed E-state index contributed by atoms with van der Waals surface area (Å²) < 4.78 is 5.04. The van der Waals surface area contributed by atoms with Crippen LogP contribution in [0, 0.1) is 0 Å². The molecule has 0 bridgehead atoms. The van der Waals surface area contributed by atoms with Crippen molar-refractivity contribution in [1.29, 1.82) is 0 Å². The number of ether oxygens (including phenoxy) is 1. The fourth-order valence-corrected chi connectivity index (χ4v) is 2.57. The van der Waals surface area contributed by atoms with Crippen molar-refractivity contribution < 1.29 is 23.9 Å². The van der Waals surface area contributed by atoms with Crippen molar-refractivity contribution in [3.8, 4) is 0 Å². The molecule has 0 saturated heterocycles. The van der Waals surface area contributed by atoms with Crippen molar-refractivity contribution in [2.45, 2.75) is 32.4 Å². The lowest BCUT2D eigenvalue weighted by Gasteiger charge is -2.18. The first kappa shape index (κ1) is 22.6. The molecule has 0 aliphatic heterocycles. The molecular weight excluding hydrogens is 386 g/mol. The van der Waals surface area contributed by atoms with E-state index in [1.54, 1.807) is 44.2 Å². The standard InChI is InChI=1S/C22H25N3O5/c1-15(2)23-22(29)25-19(26)14-30-21(28)18(13-16-9-5-3-6-10-16)24-20(27)17-11-7-4-8-12-17/h3-12,15,18H,13-14H2,1-2H3,(H,24,27)(H2,23,25,26,29)/t18-/m0/s1. The fourth-order valence-electron chi connectivity index (χ4n) is 2.57. The van der Waals surface area contributed by atoms with Gasteiger partial charge in [0.2, 0.25) is 0 Å². The Balaban J connectivity index is 2.00. The average molecular weight is 411 g/mol. The van der Waals surface area contributed by atoms with E-state index in [4.69, 9.17) is 4.74 Å². The maximum atomic E-state index is 12.6. The number of nitrogens with one attached hydrogen (secondary N) is 3. The van der Waals surface area contributed by atoms with Gasteiger partial charge in [-0.2, -0.15) is 0 Å². The Labute approximate surface area is 175 Å². The SMILES string of the molecule is CC(C)NC(=O)NC(=O)COC(=O)[C@H](Cc1ccccc1)NC(=O)c1ccccc1. The van der Waals surface area contributed by atoms with Crippen LogP contribution in [-0.4, -0.2) is 42.5 Å². The van der Waals surface area contributed by atoms with E-state index in [9.17, 15) is 19.2 Å². The van der Waals surface area contributed by atoms with E-state index in [-0.39, 0.29) is 12.5 Å². The molecule has 2 rings (SSSR count). The van der Waals surface area contributed by atoms with Crippen LogP contribution in [0.2, 0.25) is 0 Å². The second-order valence-electron chi connectivity index (χ2n) is 6.87. The lowest BCUT2D eigenvalue weighted by atomic mass is 10.1. The number of esters is 1. The van der Waals surface area contributed by atoms with Gasteiger partial charge in [0.15, 0.2) is 6.61 Å². The predicted molar refractivity (Wildman–Crippen MR) is 111 cm³/mol. The van der Waals surface area contributed by atoms with Crippen LogP contribution in [0.3, 0.4) is 0 Å². The summed E-state index contributed by atoms with van der Waals surface area (Å²) in [5.74, 6) is -1.98. The molecule has 8 nitrogen and oxygen atoms in total. The summed E-state index contributed by atoms with van der Waals surface area (Å²) in [5.41, 5.74) is 1.21. The summed E-state index contributed by atoms with van der Waals surface area (Å²) in [6.45, 7) is 2.85. The highest BCUT2D eigenvalue weighted by Crippen LogP contribution is 2.07. The Morgan fingerprint density at radius 1 is 0.867 bits per heavy atom. The zero-order chi connectivity index (χ0) is 21.9. The highest BCUT2D eigenvalue weighted by molar-refractivity contribution is 5.98. The maximum absolute atomic E-state index is 12.6. The first-order valence-electron chi connectivity index (χ1n) is 9.52. The largest absolute Gasteiger partial charge is 0.454 e. The monoisotopic (exact) mass is 411 g/mol. The first-order chi connectivity index (χ1) is 14.3. The molecule has 0 fully saturated rings. The van der Waals surface area contributed by atoms with Crippen LogP contribution >= 0.6 is 0 Å². The number of urea groups is 1. The van der Waals surface area contributed by atoms with Gasteiger partial charge in [-0.1, -0.05) is 48.5 Å². The van der Waals surface area contributed by atoms with Crippen molar-refractivity contribution in [1.82, 2.24) is 16.0 Å². The van der Waals surface area contributed by atoms with Crippen LogP contribution in [-0.2, 0) is 20.7 Å². The number of hydrogen-bond acceptors (Lipinski definition) is 5. The molecule has 8 heteroatoms. The number of carbonyl (C=O) groups excluding carboxylic acids is 4. The molecule has 0 aliphatic carbocycles. The molecule has 0 unspecified atom stereocenters. The molecule has 3 N–H and O–H groups in total. The summed E-state index contributed by atoms with van der Waals surface area (Å²) in [5, 5.41) is 7.21. The van der Waals surface area contributed by atoms with E-state index in [2.05, 4.69) is 16.0 Å². The second-order valence-corrected chi connectivity index (χ2v) is 6.87. The molecule has 0 radical (unpaired) electrons. The van der Waals surface area contributed by atoms with E-state index in [1.165, 1.54) is 0 Å². The van der Waals surface area contributed by atoms with Crippen molar-refractivity contribution in [3.63, 3.8) is 0 Å². The van der Waals surface area contributed by atoms with E-state index in [0.717, 1.165) is 5.56 Å². The molecule has 0 aliphatic rings. The molecule has 2 aromatic rings. The zero-order valence-corrected chi connectivity index (χ0v) is 16.9. The van der Waals surface area contributed by atoms with Gasteiger partial charge < -0.3 is 15.4 Å². The van der Waals surface area contributed by atoms with Crippen molar-refractivity contribution >= 4 is 23.8 Å². The van der Waals surface area contributed by atoms with Crippen molar-refractivity contribution in [2.75, 3.05) is 6.61 Å². The molecule has 0 aromatic heterocycles. The average Bonchev–Trinajstić information content (AvgIpc) is 2.72. The second kappa shape index (κ2) is 11.4. The van der Waals surface area contributed by atoms with Gasteiger partial charge in [-0.25, -0.2) is 9.59 Å². The molecule has 4 amide bonds. The van der Waals surface area contributed by atoms with Gasteiger partial charge >= 0.3 is 12.0 Å². The summed E-state index contributed by atoms with van der Waals surface area (Å²) in [6.07, 6.45) is 0.188. The Kier molecular flexibility index (Phi) is 8.56. The van der Waals surface area contributed by atoms with Gasteiger partial charge in [-0.05, 0) is 31.5 Å². The molecule has 2 aromatic carbocycles. The third-order valence-electron chi connectivity index (χ3n) is 3.93. The molecule has 30 heavy (non-hydrogen) atoms. The minimum absolute atomic E-state index is 0.149. The fraction of sp³-hybridized carbons (Fsp3) is 0.273. The first-order valence-corrected chi connectivity index (χ1v) is 9.52. The van der Waals surface area contributed by atoms with Gasteiger partial charge in [0.1, 0.15) is 6.04 Å². The Hall–Kier alpha value is -3.68. The highest BCUT2D eigenvalue weighted by Gasteiger charge is 2.24. The number of hydrogen-bond donors (Lipinski definition) is 3.